The summed E-state index contributed by atoms with van der Waals surface area (Å²) >= 11 is 3.48. The van der Waals surface area contributed by atoms with Crippen LogP contribution < -0.4 is 10.2 Å². The summed E-state index contributed by atoms with van der Waals surface area (Å²) < 4.78 is 6.86. The molecule has 2 heterocycles. The van der Waals surface area contributed by atoms with E-state index in [2.05, 4.69) is 26.2 Å². The van der Waals surface area contributed by atoms with E-state index in [1.807, 2.05) is 55.4 Å². The first-order chi connectivity index (χ1) is 12.5. The Kier molecular flexibility index (Phi) is 6.11. The Bertz CT molecular complexity index is 769. The Labute approximate surface area is 162 Å². The van der Waals surface area contributed by atoms with Crippen LogP contribution in [0.3, 0.4) is 0 Å². The molecule has 1 aromatic heterocycles. The zero-order chi connectivity index (χ0) is 18.5. The van der Waals surface area contributed by atoms with Crippen molar-refractivity contribution in [2.75, 3.05) is 38.7 Å². The van der Waals surface area contributed by atoms with Gasteiger partial charge in [-0.05, 0) is 23.8 Å². The van der Waals surface area contributed by atoms with Crippen LogP contribution in [0.25, 0.3) is 0 Å². The topological polar surface area (TPSA) is 57.7 Å². The summed E-state index contributed by atoms with van der Waals surface area (Å²) in [6.07, 6.45) is 1.65. The number of benzene rings is 1. The number of amides is 2. The SMILES string of the molecule is CN(C)c1ncccc1CNC(=O)N1CCOC(c2cccc(Br)c2)C1. The second-order valence-electron chi connectivity index (χ2n) is 6.40. The zero-order valence-electron chi connectivity index (χ0n) is 15.0. The fourth-order valence-corrected chi connectivity index (χ4v) is 3.41. The number of anilines is 1. The van der Waals surface area contributed by atoms with E-state index in [4.69, 9.17) is 4.74 Å². The summed E-state index contributed by atoms with van der Waals surface area (Å²) in [4.78, 5) is 20.7. The van der Waals surface area contributed by atoms with Gasteiger partial charge in [0.1, 0.15) is 11.9 Å². The standard InChI is InChI=1S/C19H23BrN4O2/c1-23(2)18-15(6-4-8-21-18)12-22-19(25)24-9-10-26-17(13-24)14-5-3-7-16(20)11-14/h3-8,11,17H,9-10,12-13H2,1-2H3,(H,22,25). The van der Waals surface area contributed by atoms with E-state index < -0.39 is 0 Å². The van der Waals surface area contributed by atoms with Gasteiger partial charge >= 0.3 is 6.03 Å². The van der Waals surface area contributed by atoms with Crippen LogP contribution >= 0.6 is 15.9 Å². The number of aromatic nitrogens is 1. The van der Waals surface area contributed by atoms with Crippen molar-refractivity contribution in [3.05, 3.63) is 58.2 Å². The van der Waals surface area contributed by atoms with Crippen molar-refractivity contribution in [3.63, 3.8) is 0 Å². The third kappa shape index (κ3) is 4.53. The molecule has 1 fully saturated rings. The van der Waals surface area contributed by atoms with Crippen LogP contribution in [-0.2, 0) is 11.3 Å². The van der Waals surface area contributed by atoms with Gasteiger partial charge in [0.2, 0.25) is 0 Å². The fourth-order valence-electron chi connectivity index (χ4n) is 3.00. The summed E-state index contributed by atoms with van der Waals surface area (Å²) in [6, 6.07) is 11.8. The lowest BCUT2D eigenvalue weighted by Gasteiger charge is -2.33. The minimum atomic E-state index is -0.109. The number of hydrogen-bond acceptors (Lipinski definition) is 4. The van der Waals surface area contributed by atoms with E-state index in [0.29, 0.717) is 26.2 Å². The number of morpholine rings is 1. The highest BCUT2D eigenvalue weighted by atomic mass is 79.9. The first-order valence-electron chi connectivity index (χ1n) is 8.55. The van der Waals surface area contributed by atoms with Gasteiger partial charge in [-0.25, -0.2) is 9.78 Å². The second kappa shape index (κ2) is 8.51. The molecule has 1 aromatic carbocycles. The molecule has 1 atom stereocenters. The number of nitrogens with zero attached hydrogens (tertiary/aromatic N) is 3. The van der Waals surface area contributed by atoms with E-state index in [1.54, 1.807) is 11.1 Å². The smallest absolute Gasteiger partial charge is 0.317 e. The molecule has 138 valence electrons. The highest BCUT2D eigenvalue weighted by molar-refractivity contribution is 9.10. The van der Waals surface area contributed by atoms with Crippen LogP contribution in [0.1, 0.15) is 17.2 Å². The van der Waals surface area contributed by atoms with Crippen molar-refractivity contribution in [3.8, 4) is 0 Å². The number of urea groups is 1. The van der Waals surface area contributed by atoms with Gasteiger partial charge in [-0.3, -0.25) is 0 Å². The zero-order valence-corrected chi connectivity index (χ0v) is 16.6. The molecular weight excluding hydrogens is 396 g/mol. The Balaban J connectivity index is 1.61. The molecule has 0 saturated carbocycles. The molecule has 2 amide bonds. The van der Waals surface area contributed by atoms with Gasteiger partial charge in [0.15, 0.2) is 0 Å². The lowest BCUT2D eigenvalue weighted by molar-refractivity contribution is -0.0155. The molecule has 0 aliphatic carbocycles. The average Bonchev–Trinajstić information content (AvgIpc) is 2.66. The summed E-state index contributed by atoms with van der Waals surface area (Å²) in [5, 5.41) is 3.00. The van der Waals surface area contributed by atoms with Crippen molar-refractivity contribution in [1.29, 1.82) is 0 Å². The van der Waals surface area contributed by atoms with Gasteiger partial charge in [0.25, 0.3) is 0 Å². The molecule has 6 nitrogen and oxygen atoms in total. The molecule has 7 heteroatoms. The van der Waals surface area contributed by atoms with Gasteiger partial charge in [0.05, 0.1) is 13.2 Å². The Morgan fingerprint density at radius 2 is 2.23 bits per heavy atom. The first-order valence-corrected chi connectivity index (χ1v) is 9.35. The number of carbonyl (C=O) groups is 1. The third-order valence-electron chi connectivity index (χ3n) is 4.30. The Hall–Kier alpha value is -2.12. The third-order valence-corrected chi connectivity index (χ3v) is 4.79. The van der Waals surface area contributed by atoms with Crippen LogP contribution in [0.5, 0.6) is 0 Å². The molecule has 1 aliphatic rings. The second-order valence-corrected chi connectivity index (χ2v) is 7.32. The molecule has 0 bridgehead atoms. The number of halogens is 1. The van der Waals surface area contributed by atoms with E-state index in [0.717, 1.165) is 21.4 Å². The molecule has 1 unspecified atom stereocenters. The Morgan fingerprint density at radius 3 is 3.00 bits per heavy atom. The maximum atomic E-state index is 12.6. The maximum absolute atomic E-state index is 12.6. The number of carbonyl (C=O) groups excluding carboxylic acids is 1. The van der Waals surface area contributed by atoms with Crippen LogP contribution in [0.4, 0.5) is 10.6 Å². The van der Waals surface area contributed by atoms with Gasteiger partial charge < -0.3 is 19.9 Å². The van der Waals surface area contributed by atoms with Gasteiger partial charge in [-0.2, -0.15) is 0 Å². The Morgan fingerprint density at radius 1 is 1.38 bits per heavy atom. The highest BCUT2D eigenvalue weighted by Crippen LogP contribution is 2.25. The number of rotatable bonds is 4. The number of ether oxygens (including phenoxy) is 1. The minimum Gasteiger partial charge on any atom is -0.370 e. The van der Waals surface area contributed by atoms with Crippen LogP contribution in [0, 0.1) is 0 Å². The average molecular weight is 419 g/mol. The summed E-state index contributed by atoms with van der Waals surface area (Å²) in [6.45, 7) is 2.10. The molecule has 0 spiro atoms. The van der Waals surface area contributed by atoms with Crippen molar-refractivity contribution < 1.29 is 9.53 Å². The summed E-state index contributed by atoms with van der Waals surface area (Å²) in [5.74, 6) is 0.863. The number of pyridine rings is 1. The predicted molar refractivity (Wildman–Crippen MR) is 105 cm³/mol. The van der Waals surface area contributed by atoms with Crippen LogP contribution in [-0.4, -0.2) is 49.7 Å². The summed E-state index contributed by atoms with van der Waals surface area (Å²) in [5.41, 5.74) is 2.06. The predicted octanol–water partition coefficient (Wildman–Crippen LogP) is 3.19. The summed E-state index contributed by atoms with van der Waals surface area (Å²) in [7, 11) is 3.89. The molecule has 0 radical (unpaired) electrons. The molecular formula is C19H23BrN4O2. The lowest BCUT2D eigenvalue weighted by atomic mass is 10.1. The van der Waals surface area contributed by atoms with E-state index in [-0.39, 0.29) is 12.1 Å². The van der Waals surface area contributed by atoms with E-state index in [1.165, 1.54) is 0 Å². The van der Waals surface area contributed by atoms with Crippen molar-refractivity contribution >= 4 is 27.8 Å². The van der Waals surface area contributed by atoms with Crippen molar-refractivity contribution in [2.24, 2.45) is 0 Å². The molecule has 2 aromatic rings. The fraction of sp³-hybridized carbons (Fsp3) is 0.368. The van der Waals surface area contributed by atoms with Gasteiger partial charge in [-0.15, -0.1) is 0 Å². The van der Waals surface area contributed by atoms with E-state index in [9.17, 15) is 4.79 Å². The largest absolute Gasteiger partial charge is 0.370 e. The van der Waals surface area contributed by atoms with Gasteiger partial charge in [-0.1, -0.05) is 34.1 Å². The van der Waals surface area contributed by atoms with Gasteiger partial charge in [0, 0.05) is 43.4 Å². The maximum Gasteiger partial charge on any atom is 0.317 e. The van der Waals surface area contributed by atoms with Crippen LogP contribution in [0.15, 0.2) is 47.1 Å². The van der Waals surface area contributed by atoms with Crippen molar-refractivity contribution in [2.45, 2.75) is 12.6 Å². The molecule has 3 rings (SSSR count). The highest BCUT2D eigenvalue weighted by Gasteiger charge is 2.25. The van der Waals surface area contributed by atoms with E-state index >= 15 is 0 Å². The first kappa shape index (κ1) is 18.7. The molecule has 1 saturated heterocycles. The molecule has 1 aliphatic heterocycles. The quantitative estimate of drug-likeness (QED) is 0.827. The monoisotopic (exact) mass is 418 g/mol. The van der Waals surface area contributed by atoms with Crippen molar-refractivity contribution in [1.82, 2.24) is 15.2 Å². The molecule has 26 heavy (non-hydrogen) atoms. The normalized spacial score (nSPS) is 17.0. The number of nitrogens with one attached hydrogen (secondary N) is 1. The number of hydrogen-bond donors (Lipinski definition) is 1. The minimum absolute atomic E-state index is 0.0816. The molecule has 1 N–H and O–H groups in total. The van der Waals surface area contributed by atoms with Crippen LogP contribution in [0.2, 0.25) is 0 Å². The lowest BCUT2D eigenvalue weighted by Crippen LogP contribution is -2.47.